The molecule has 0 N–H and O–H groups in total. The molecule has 4 aliphatic rings. The van der Waals surface area contributed by atoms with E-state index in [4.69, 9.17) is 4.74 Å². The second-order valence-corrected chi connectivity index (χ2v) is 5.39. The molecule has 0 aromatic heterocycles. The van der Waals surface area contributed by atoms with Gasteiger partial charge in [-0.3, -0.25) is 0 Å². The fraction of sp³-hybridized carbons (Fsp3) is 1.00. The zero-order valence-electron chi connectivity index (χ0n) is 7.57. The van der Waals surface area contributed by atoms with Crippen molar-refractivity contribution in [2.24, 2.45) is 35.5 Å². The maximum absolute atomic E-state index is 5.65. The average Bonchev–Trinajstić information content (AvgIpc) is 2.87. The van der Waals surface area contributed by atoms with Crippen molar-refractivity contribution >= 4 is 0 Å². The SMILES string of the molecule is COC1[C@@H]2C[C@@H]2[C@@H]2C[C@@H]2[C@@H]2C[C@@H]12. The van der Waals surface area contributed by atoms with Gasteiger partial charge in [-0.05, 0) is 54.8 Å². The molecular formula is C11H16O. The number of ether oxygens (including phenoxy) is 1. The van der Waals surface area contributed by atoms with E-state index in [1.54, 1.807) is 6.42 Å². The van der Waals surface area contributed by atoms with Crippen molar-refractivity contribution in [3.05, 3.63) is 0 Å². The molecule has 1 nitrogen and oxygen atoms in total. The van der Waals surface area contributed by atoms with Crippen molar-refractivity contribution in [1.29, 1.82) is 0 Å². The highest BCUT2D eigenvalue weighted by atomic mass is 16.5. The molecule has 4 aliphatic carbocycles. The maximum Gasteiger partial charge on any atom is 0.0633 e. The number of methoxy groups -OCH3 is 1. The minimum atomic E-state index is 0.674. The molecule has 66 valence electrons. The Morgan fingerprint density at radius 1 is 0.750 bits per heavy atom. The van der Waals surface area contributed by atoms with E-state index in [9.17, 15) is 0 Å². The van der Waals surface area contributed by atoms with Gasteiger partial charge in [0.25, 0.3) is 0 Å². The van der Waals surface area contributed by atoms with Crippen molar-refractivity contribution in [3.8, 4) is 0 Å². The van der Waals surface area contributed by atoms with Gasteiger partial charge in [0.1, 0.15) is 0 Å². The van der Waals surface area contributed by atoms with Gasteiger partial charge in [-0.1, -0.05) is 0 Å². The monoisotopic (exact) mass is 164 g/mol. The highest BCUT2D eigenvalue weighted by Gasteiger charge is 2.68. The molecule has 0 aromatic carbocycles. The summed E-state index contributed by atoms with van der Waals surface area (Å²) in [6.45, 7) is 0. The molecule has 4 saturated carbocycles. The summed E-state index contributed by atoms with van der Waals surface area (Å²) in [6.07, 6.45) is 5.26. The van der Waals surface area contributed by atoms with Gasteiger partial charge in [0.05, 0.1) is 6.10 Å². The largest absolute Gasteiger partial charge is 0.381 e. The van der Waals surface area contributed by atoms with Crippen LogP contribution in [0.4, 0.5) is 0 Å². The highest BCUT2D eigenvalue weighted by molar-refractivity contribution is 5.17. The van der Waals surface area contributed by atoms with E-state index in [1.807, 2.05) is 7.11 Å². The minimum absolute atomic E-state index is 0.674. The molecule has 0 radical (unpaired) electrons. The third kappa shape index (κ3) is 0.618. The van der Waals surface area contributed by atoms with Gasteiger partial charge in [-0.2, -0.15) is 0 Å². The Kier molecular flexibility index (Phi) is 0.934. The highest BCUT2D eigenvalue weighted by Crippen LogP contribution is 2.72. The Balaban J connectivity index is 1.67. The van der Waals surface area contributed by atoms with Gasteiger partial charge in [0.15, 0.2) is 0 Å². The van der Waals surface area contributed by atoms with Crippen molar-refractivity contribution < 1.29 is 4.74 Å². The van der Waals surface area contributed by atoms with Crippen LogP contribution in [0, 0.1) is 35.5 Å². The van der Waals surface area contributed by atoms with Crippen LogP contribution in [0.1, 0.15) is 19.3 Å². The van der Waals surface area contributed by atoms with Crippen LogP contribution in [0.3, 0.4) is 0 Å². The molecule has 0 saturated heterocycles. The first-order chi connectivity index (χ1) is 5.90. The lowest BCUT2D eigenvalue weighted by atomic mass is 10.1. The van der Waals surface area contributed by atoms with E-state index in [1.165, 1.54) is 12.8 Å². The smallest absolute Gasteiger partial charge is 0.0633 e. The van der Waals surface area contributed by atoms with Crippen LogP contribution >= 0.6 is 0 Å². The molecular weight excluding hydrogens is 148 g/mol. The van der Waals surface area contributed by atoms with Crippen molar-refractivity contribution in [3.63, 3.8) is 0 Å². The van der Waals surface area contributed by atoms with E-state index < -0.39 is 0 Å². The first kappa shape index (κ1) is 6.42. The summed E-state index contributed by atoms with van der Waals surface area (Å²) in [4.78, 5) is 0. The summed E-state index contributed by atoms with van der Waals surface area (Å²) >= 11 is 0. The van der Waals surface area contributed by atoms with Gasteiger partial charge in [-0.15, -0.1) is 0 Å². The Labute approximate surface area is 73.5 Å². The number of hydrogen-bond acceptors (Lipinski definition) is 1. The van der Waals surface area contributed by atoms with Crippen LogP contribution in [0.5, 0.6) is 0 Å². The number of fused-ring (bicyclic) bond motifs is 5. The van der Waals surface area contributed by atoms with Crippen LogP contribution in [0.25, 0.3) is 0 Å². The predicted molar refractivity (Wildman–Crippen MR) is 45.6 cm³/mol. The van der Waals surface area contributed by atoms with Gasteiger partial charge in [0, 0.05) is 7.11 Å². The summed E-state index contributed by atoms with van der Waals surface area (Å²) in [5.74, 6) is 6.50. The summed E-state index contributed by atoms with van der Waals surface area (Å²) in [7, 11) is 1.92. The van der Waals surface area contributed by atoms with Crippen molar-refractivity contribution in [1.82, 2.24) is 0 Å². The fourth-order valence-electron chi connectivity index (χ4n) is 4.10. The normalized spacial score (nSPS) is 65.8. The summed E-state index contributed by atoms with van der Waals surface area (Å²) in [5.41, 5.74) is 0. The third-order valence-corrected chi connectivity index (χ3v) is 4.89. The third-order valence-electron chi connectivity index (χ3n) is 4.89. The Bertz CT molecular complexity index is 215. The lowest BCUT2D eigenvalue weighted by molar-refractivity contribution is 0.0592. The molecule has 12 heavy (non-hydrogen) atoms. The molecule has 1 heteroatoms. The Hall–Kier alpha value is -0.0400. The van der Waals surface area contributed by atoms with Crippen LogP contribution in [-0.4, -0.2) is 13.2 Å². The first-order valence-corrected chi connectivity index (χ1v) is 5.43. The predicted octanol–water partition coefficient (Wildman–Crippen LogP) is 1.92. The zero-order valence-corrected chi connectivity index (χ0v) is 7.57. The zero-order chi connectivity index (χ0) is 7.87. The Morgan fingerprint density at radius 2 is 1.17 bits per heavy atom. The van der Waals surface area contributed by atoms with Crippen LogP contribution in [0.2, 0.25) is 0 Å². The molecule has 0 spiro atoms. The van der Waals surface area contributed by atoms with E-state index in [0.29, 0.717) is 6.10 Å². The quantitative estimate of drug-likeness (QED) is 0.575. The maximum atomic E-state index is 5.65. The van der Waals surface area contributed by atoms with Gasteiger partial charge < -0.3 is 4.74 Å². The molecule has 0 aromatic rings. The van der Waals surface area contributed by atoms with E-state index in [0.717, 1.165) is 35.5 Å². The topological polar surface area (TPSA) is 9.23 Å². The number of hydrogen-bond donors (Lipinski definition) is 0. The van der Waals surface area contributed by atoms with Gasteiger partial charge >= 0.3 is 0 Å². The summed E-state index contributed by atoms with van der Waals surface area (Å²) in [6, 6.07) is 0. The van der Waals surface area contributed by atoms with Crippen LogP contribution < -0.4 is 0 Å². The van der Waals surface area contributed by atoms with Crippen molar-refractivity contribution in [2.45, 2.75) is 25.4 Å². The molecule has 0 bridgehead atoms. The summed E-state index contributed by atoms with van der Waals surface area (Å²) in [5, 5.41) is 0. The molecule has 0 heterocycles. The minimum Gasteiger partial charge on any atom is -0.381 e. The molecule has 0 aliphatic heterocycles. The van der Waals surface area contributed by atoms with Crippen LogP contribution in [0.15, 0.2) is 0 Å². The number of rotatable bonds is 1. The molecule has 0 amide bonds. The van der Waals surface area contributed by atoms with E-state index in [2.05, 4.69) is 0 Å². The lowest BCUT2D eigenvalue weighted by Gasteiger charge is -2.13. The fourth-order valence-corrected chi connectivity index (χ4v) is 4.10. The molecule has 4 rings (SSSR count). The van der Waals surface area contributed by atoms with Crippen LogP contribution in [-0.2, 0) is 4.74 Å². The van der Waals surface area contributed by atoms with Gasteiger partial charge in [0.2, 0.25) is 0 Å². The standard InChI is InChI=1S/C11H16O/c1-12-11-9-3-7(9)5-2-6(5)8-4-10(8)11/h5-11H,2-4H2,1H3/t5-,6+,7-,8+,9-,10-,11?/m1/s1. The average molecular weight is 164 g/mol. The first-order valence-electron chi connectivity index (χ1n) is 5.43. The van der Waals surface area contributed by atoms with E-state index >= 15 is 0 Å². The lowest BCUT2D eigenvalue weighted by Crippen LogP contribution is -2.17. The van der Waals surface area contributed by atoms with Crippen molar-refractivity contribution in [2.75, 3.05) is 7.11 Å². The van der Waals surface area contributed by atoms with E-state index in [-0.39, 0.29) is 0 Å². The second kappa shape index (κ2) is 1.75. The summed E-state index contributed by atoms with van der Waals surface area (Å²) < 4.78 is 5.65. The van der Waals surface area contributed by atoms with Gasteiger partial charge in [-0.25, -0.2) is 0 Å². The Morgan fingerprint density at radius 3 is 1.67 bits per heavy atom. The molecule has 1 unspecified atom stereocenters. The molecule has 4 fully saturated rings. The molecule has 7 atom stereocenters. The second-order valence-electron chi connectivity index (χ2n) is 5.39.